The fraction of sp³-hybridized carbons (Fsp3) is 0.136. The first-order valence-electron chi connectivity index (χ1n) is 9.35. The molecule has 0 unspecified atom stereocenters. The Bertz CT molecular complexity index is 1360. The summed E-state index contributed by atoms with van der Waals surface area (Å²) in [6.07, 6.45) is 0.885. The SMILES string of the molecule is CCc1ccc(NS(=O)(=O)c2ccc3c(c2)sc(=O)n3Cc2ccc(Cl)cc2)cc1. The summed E-state index contributed by atoms with van der Waals surface area (Å²) in [5.74, 6) is 0. The second kappa shape index (κ2) is 8.26. The minimum Gasteiger partial charge on any atom is -0.294 e. The average Bonchev–Trinajstić information content (AvgIpc) is 3.04. The first-order chi connectivity index (χ1) is 14.4. The number of anilines is 1. The molecule has 4 aromatic rings. The van der Waals surface area contributed by atoms with Crippen molar-refractivity contribution in [2.45, 2.75) is 24.8 Å². The fourth-order valence-electron chi connectivity index (χ4n) is 3.16. The third-order valence-corrected chi connectivity index (χ3v) is 7.39. The van der Waals surface area contributed by atoms with Gasteiger partial charge in [-0.05, 0) is 60.0 Å². The molecule has 1 N–H and O–H groups in total. The first kappa shape index (κ1) is 20.7. The van der Waals surface area contributed by atoms with E-state index < -0.39 is 10.0 Å². The zero-order valence-corrected chi connectivity index (χ0v) is 18.5. The van der Waals surface area contributed by atoms with Gasteiger partial charge in [0.05, 0.1) is 21.7 Å². The van der Waals surface area contributed by atoms with Crippen LogP contribution >= 0.6 is 22.9 Å². The van der Waals surface area contributed by atoms with Crippen molar-refractivity contribution < 1.29 is 8.42 Å². The second-order valence-corrected chi connectivity index (χ2v) is 9.98. The Kier molecular flexibility index (Phi) is 5.69. The molecule has 0 bridgehead atoms. The number of halogens is 1. The van der Waals surface area contributed by atoms with E-state index in [9.17, 15) is 13.2 Å². The topological polar surface area (TPSA) is 68.2 Å². The van der Waals surface area contributed by atoms with Crippen molar-refractivity contribution >= 4 is 48.9 Å². The standard InChI is InChI=1S/C22H19ClN2O3S2/c1-2-15-5-9-18(10-6-15)24-30(27,28)19-11-12-20-21(13-19)29-22(26)25(20)14-16-3-7-17(23)8-4-16/h3-13,24H,2,14H2,1H3. The van der Waals surface area contributed by atoms with Gasteiger partial charge in [-0.15, -0.1) is 0 Å². The first-order valence-corrected chi connectivity index (χ1v) is 12.0. The molecule has 0 aliphatic rings. The largest absolute Gasteiger partial charge is 0.308 e. The van der Waals surface area contributed by atoms with Crippen molar-refractivity contribution in [3.8, 4) is 0 Å². The van der Waals surface area contributed by atoms with Gasteiger partial charge in [0.15, 0.2) is 0 Å². The van der Waals surface area contributed by atoms with E-state index >= 15 is 0 Å². The van der Waals surface area contributed by atoms with E-state index in [0.29, 0.717) is 27.5 Å². The molecule has 4 rings (SSSR count). The minimum absolute atomic E-state index is 0.120. The molecule has 3 aromatic carbocycles. The monoisotopic (exact) mass is 458 g/mol. The molecule has 0 atom stereocenters. The van der Waals surface area contributed by atoms with Gasteiger partial charge in [-0.25, -0.2) is 8.42 Å². The van der Waals surface area contributed by atoms with Gasteiger partial charge in [0, 0.05) is 10.7 Å². The summed E-state index contributed by atoms with van der Waals surface area (Å²) >= 11 is 6.96. The number of nitrogens with zero attached hydrogens (tertiary/aromatic N) is 1. The summed E-state index contributed by atoms with van der Waals surface area (Å²) in [6, 6.07) is 19.3. The molecule has 0 aliphatic heterocycles. The van der Waals surface area contributed by atoms with Crippen molar-refractivity contribution in [1.82, 2.24) is 4.57 Å². The molecule has 154 valence electrons. The Labute approximate surface area is 183 Å². The van der Waals surface area contributed by atoms with E-state index in [1.165, 1.54) is 6.07 Å². The number of nitrogens with one attached hydrogen (secondary N) is 1. The van der Waals surface area contributed by atoms with Crippen LogP contribution in [0.5, 0.6) is 0 Å². The number of sulfonamides is 1. The van der Waals surface area contributed by atoms with Gasteiger partial charge in [0.1, 0.15) is 0 Å². The summed E-state index contributed by atoms with van der Waals surface area (Å²) in [5, 5.41) is 0.632. The van der Waals surface area contributed by atoms with Crippen LogP contribution in [-0.2, 0) is 23.0 Å². The van der Waals surface area contributed by atoms with Gasteiger partial charge in [-0.3, -0.25) is 14.1 Å². The maximum absolute atomic E-state index is 12.8. The highest BCUT2D eigenvalue weighted by Gasteiger charge is 2.17. The van der Waals surface area contributed by atoms with E-state index in [0.717, 1.165) is 28.9 Å². The summed E-state index contributed by atoms with van der Waals surface area (Å²) in [6.45, 7) is 2.43. The van der Waals surface area contributed by atoms with Gasteiger partial charge < -0.3 is 0 Å². The molecule has 0 radical (unpaired) electrons. The van der Waals surface area contributed by atoms with Crippen molar-refractivity contribution in [2.24, 2.45) is 0 Å². The van der Waals surface area contributed by atoms with Gasteiger partial charge in [0.25, 0.3) is 10.0 Å². The van der Waals surface area contributed by atoms with Crippen LogP contribution in [0, 0.1) is 0 Å². The number of aromatic nitrogens is 1. The maximum Gasteiger partial charge on any atom is 0.308 e. The molecule has 0 spiro atoms. The lowest BCUT2D eigenvalue weighted by Gasteiger charge is -2.09. The Morgan fingerprint density at radius 2 is 1.63 bits per heavy atom. The Morgan fingerprint density at radius 3 is 2.30 bits per heavy atom. The minimum atomic E-state index is -3.76. The van der Waals surface area contributed by atoms with Crippen molar-refractivity contribution in [1.29, 1.82) is 0 Å². The predicted octanol–water partition coefficient (Wildman–Crippen LogP) is 5.13. The number of fused-ring (bicyclic) bond motifs is 1. The Morgan fingerprint density at radius 1 is 0.967 bits per heavy atom. The van der Waals surface area contributed by atoms with Crippen molar-refractivity contribution in [3.63, 3.8) is 0 Å². The molecule has 30 heavy (non-hydrogen) atoms. The lowest BCUT2D eigenvalue weighted by molar-refractivity contribution is 0.601. The molecular formula is C22H19ClN2O3S2. The number of thiazole rings is 1. The van der Waals surface area contributed by atoms with E-state index in [1.54, 1.807) is 41.0 Å². The van der Waals surface area contributed by atoms with Crippen LogP contribution in [0.2, 0.25) is 5.02 Å². The smallest absolute Gasteiger partial charge is 0.294 e. The Hall–Kier alpha value is -2.61. The zero-order valence-electron chi connectivity index (χ0n) is 16.1. The van der Waals surface area contributed by atoms with E-state index in [1.807, 2.05) is 31.2 Å². The summed E-state index contributed by atoms with van der Waals surface area (Å²) in [7, 11) is -3.76. The summed E-state index contributed by atoms with van der Waals surface area (Å²) < 4.78 is 30.5. The average molecular weight is 459 g/mol. The number of hydrogen-bond acceptors (Lipinski definition) is 4. The molecule has 5 nitrogen and oxygen atoms in total. The van der Waals surface area contributed by atoms with Crippen molar-refractivity contribution in [3.05, 3.63) is 92.5 Å². The molecule has 0 amide bonds. The zero-order chi connectivity index (χ0) is 21.3. The molecule has 8 heteroatoms. The van der Waals surface area contributed by atoms with Crippen LogP contribution in [0.25, 0.3) is 10.2 Å². The van der Waals surface area contributed by atoms with Crippen LogP contribution in [0.4, 0.5) is 5.69 Å². The number of benzene rings is 3. The van der Waals surface area contributed by atoms with E-state index in [4.69, 9.17) is 11.6 Å². The van der Waals surface area contributed by atoms with Crippen LogP contribution in [0.1, 0.15) is 18.1 Å². The highest BCUT2D eigenvalue weighted by atomic mass is 35.5. The molecule has 0 aliphatic carbocycles. The highest BCUT2D eigenvalue weighted by Crippen LogP contribution is 2.24. The fourth-order valence-corrected chi connectivity index (χ4v) is 5.37. The Balaban J connectivity index is 1.64. The third-order valence-electron chi connectivity index (χ3n) is 4.82. The predicted molar refractivity (Wildman–Crippen MR) is 123 cm³/mol. The van der Waals surface area contributed by atoms with E-state index in [2.05, 4.69) is 4.72 Å². The van der Waals surface area contributed by atoms with Crippen LogP contribution in [0.15, 0.2) is 76.4 Å². The summed E-state index contributed by atoms with van der Waals surface area (Å²) in [5.41, 5.74) is 3.27. The second-order valence-electron chi connectivity index (χ2n) is 6.87. The maximum atomic E-state index is 12.8. The molecular weight excluding hydrogens is 440 g/mol. The molecule has 1 aromatic heterocycles. The molecule has 1 heterocycles. The lowest BCUT2D eigenvalue weighted by Crippen LogP contribution is -2.14. The lowest BCUT2D eigenvalue weighted by atomic mass is 10.2. The molecule has 0 fully saturated rings. The quantitative estimate of drug-likeness (QED) is 0.435. The third kappa shape index (κ3) is 4.28. The number of rotatable bonds is 6. The normalized spacial score (nSPS) is 11.7. The highest BCUT2D eigenvalue weighted by molar-refractivity contribution is 7.92. The van der Waals surface area contributed by atoms with Gasteiger partial charge in [0.2, 0.25) is 0 Å². The summed E-state index contributed by atoms with van der Waals surface area (Å²) in [4.78, 5) is 12.5. The van der Waals surface area contributed by atoms with Crippen molar-refractivity contribution in [2.75, 3.05) is 4.72 Å². The van der Waals surface area contributed by atoms with Gasteiger partial charge >= 0.3 is 4.87 Å². The van der Waals surface area contributed by atoms with Crippen LogP contribution in [0.3, 0.4) is 0 Å². The molecule has 0 saturated heterocycles. The van der Waals surface area contributed by atoms with E-state index in [-0.39, 0.29) is 9.77 Å². The van der Waals surface area contributed by atoms with Crippen LogP contribution in [-0.4, -0.2) is 13.0 Å². The van der Waals surface area contributed by atoms with Gasteiger partial charge in [-0.2, -0.15) is 0 Å². The number of hydrogen-bond donors (Lipinski definition) is 1. The van der Waals surface area contributed by atoms with Gasteiger partial charge in [-0.1, -0.05) is 54.1 Å². The molecule has 0 saturated carbocycles. The van der Waals surface area contributed by atoms with Crippen LogP contribution < -0.4 is 9.60 Å². The number of aryl methyl sites for hydroxylation is 1.